The highest BCUT2D eigenvalue weighted by Crippen LogP contribution is 2.23. The van der Waals surface area contributed by atoms with E-state index in [4.69, 9.17) is 11.6 Å². The van der Waals surface area contributed by atoms with Crippen molar-refractivity contribution in [2.24, 2.45) is 0 Å². The quantitative estimate of drug-likeness (QED) is 0.354. The number of carbonyl (C=O) groups excluding carboxylic acids is 2. The monoisotopic (exact) mass is 270 g/mol. The van der Waals surface area contributed by atoms with Crippen LogP contribution in [-0.4, -0.2) is 34.8 Å². The van der Waals surface area contributed by atoms with Crippen LogP contribution in [0.4, 0.5) is 11.5 Å². The smallest absolute Gasteiger partial charge is 0.276 e. The van der Waals surface area contributed by atoms with Gasteiger partial charge < -0.3 is 4.90 Å². The molecule has 0 aliphatic carbocycles. The van der Waals surface area contributed by atoms with E-state index in [0.29, 0.717) is 0 Å². The number of imide groups is 1. The number of rotatable bonds is 2. The third-order valence-electron chi connectivity index (χ3n) is 2.25. The highest BCUT2D eigenvalue weighted by atomic mass is 35.5. The SMILES string of the molecule is O=C1CN(c2cc([N+](=O)[O-])cc(Cl)n2)CC(=O)N1. The molecule has 8 nitrogen and oxygen atoms in total. The van der Waals surface area contributed by atoms with E-state index >= 15 is 0 Å². The second-order valence-electron chi connectivity index (χ2n) is 3.59. The summed E-state index contributed by atoms with van der Waals surface area (Å²) in [4.78, 5) is 37.6. The van der Waals surface area contributed by atoms with Crippen molar-refractivity contribution in [3.8, 4) is 0 Å². The predicted molar refractivity (Wildman–Crippen MR) is 61.3 cm³/mol. The standard InChI is InChI=1S/C9H7ClN4O4/c10-6-1-5(14(17)18)2-7(11-6)13-3-8(15)12-9(16)4-13/h1-2H,3-4H2,(H,12,15,16). The number of aromatic nitrogens is 1. The Kier molecular flexibility index (Phi) is 3.11. The van der Waals surface area contributed by atoms with Crippen molar-refractivity contribution in [2.45, 2.75) is 0 Å². The molecule has 2 heterocycles. The van der Waals surface area contributed by atoms with Gasteiger partial charge in [-0.3, -0.25) is 25.0 Å². The summed E-state index contributed by atoms with van der Waals surface area (Å²) < 4.78 is 0. The lowest BCUT2D eigenvalue weighted by molar-refractivity contribution is -0.384. The molecule has 0 aromatic carbocycles. The number of amides is 2. The Bertz CT molecular complexity index is 531. The van der Waals surface area contributed by atoms with Crippen molar-refractivity contribution in [3.05, 3.63) is 27.4 Å². The van der Waals surface area contributed by atoms with Crippen molar-refractivity contribution >= 4 is 34.9 Å². The second-order valence-corrected chi connectivity index (χ2v) is 3.98. The maximum absolute atomic E-state index is 11.2. The summed E-state index contributed by atoms with van der Waals surface area (Å²) in [6.45, 7) is -0.202. The zero-order valence-corrected chi connectivity index (χ0v) is 9.68. The molecule has 2 rings (SSSR count). The number of hydrogen-bond acceptors (Lipinski definition) is 6. The van der Waals surface area contributed by atoms with Crippen LogP contribution in [0.1, 0.15) is 0 Å². The van der Waals surface area contributed by atoms with Crippen LogP contribution in [-0.2, 0) is 9.59 Å². The Labute approximate surface area is 106 Å². The van der Waals surface area contributed by atoms with Crippen molar-refractivity contribution in [3.63, 3.8) is 0 Å². The largest absolute Gasteiger partial charge is 0.338 e. The molecule has 0 unspecified atom stereocenters. The molecule has 1 aliphatic heterocycles. The fraction of sp³-hybridized carbons (Fsp3) is 0.222. The third-order valence-corrected chi connectivity index (χ3v) is 2.44. The molecule has 1 aromatic heterocycles. The van der Waals surface area contributed by atoms with E-state index in [2.05, 4.69) is 10.3 Å². The Hall–Kier alpha value is -2.22. The molecule has 0 radical (unpaired) electrons. The highest BCUT2D eigenvalue weighted by Gasteiger charge is 2.25. The van der Waals surface area contributed by atoms with Gasteiger partial charge >= 0.3 is 0 Å². The van der Waals surface area contributed by atoms with Crippen molar-refractivity contribution in [1.29, 1.82) is 0 Å². The molecule has 0 spiro atoms. The van der Waals surface area contributed by atoms with Crippen molar-refractivity contribution in [2.75, 3.05) is 18.0 Å². The minimum absolute atomic E-state index is 0.0716. The van der Waals surface area contributed by atoms with Crippen LogP contribution in [0.25, 0.3) is 0 Å². The fourth-order valence-electron chi connectivity index (χ4n) is 1.54. The molecule has 0 bridgehead atoms. The molecule has 9 heteroatoms. The van der Waals surface area contributed by atoms with Gasteiger partial charge in [0.1, 0.15) is 11.0 Å². The molecule has 0 atom stereocenters. The van der Waals surface area contributed by atoms with Crippen LogP contribution in [0.2, 0.25) is 5.15 Å². The normalized spacial score (nSPS) is 15.5. The molecule has 0 saturated carbocycles. The first-order valence-electron chi connectivity index (χ1n) is 4.85. The molecular formula is C9H7ClN4O4. The van der Waals surface area contributed by atoms with Gasteiger partial charge in [-0.05, 0) is 0 Å². The minimum Gasteiger partial charge on any atom is -0.338 e. The van der Waals surface area contributed by atoms with Gasteiger partial charge in [0, 0.05) is 0 Å². The van der Waals surface area contributed by atoms with E-state index in [-0.39, 0.29) is 29.7 Å². The lowest BCUT2D eigenvalue weighted by Crippen LogP contribution is -2.51. The maximum Gasteiger partial charge on any atom is 0.276 e. The fourth-order valence-corrected chi connectivity index (χ4v) is 1.73. The molecule has 94 valence electrons. The Morgan fingerprint density at radius 1 is 1.33 bits per heavy atom. The van der Waals surface area contributed by atoms with E-state index in [1.165, 1.54) is 4.90 Å². The second kappa shape index (κ2) is 4.57. The lowest BCUT2D eigenvalue weighted by atomic mass is 10.3. The summed E-state index contributed by atoms with van der Waals surface area (Å²) in [5, 5.41) is 12.7. The topological polar surface area (TPSA) is 105 Å². The van der Waals surface area contributed by atoms with Crippen LogP contribution in [0.3, 0.4) is 0 Å². The molecule has 1 N–H and O–H groups in total. The number of pyridine rings is 1. The van der Waals surface area contributed by atoms with E-state index < -0.39 is 16.7 Å². The number of nitrogens with zero attached hydrogens (tertiary/aromatic N) is 3. The Balaban J connectivity index is 2.35. The van der Waals surface area contributed by atoms with Gasteiger partial charge in [-0.2, -0.15) is 0 Å². The molecule has 18 heavy (non-hydrogen) atoms. The molecule has 2 amide bonds. The van der Waals surface area contributed by atoms with E-state index in [0.717, 1.165) is 12.1 Å². The summed E-state index contributed by atoms with van der Waals surface area (Å²) >= 11 is 5.66. The number of piperazine rings is 1. The van der Waals surface area contributed by atoms with Crippen LogP contribution < -0.4 is 10.2 Å². The number of anilines is 1. The van der Waals surface area contributed by atoms with Crippen LogP contribution in [0.5, 0.6) is 0 Å². The van der Waals surface area contributed by atoms with E-state index in [1.807, 2.05) is 0 Å². The van der Waals surface area contributed by atoms with E-state index in [9.17, 15) is 19.7 Å². The van der Waals surface area contributed by atoms with E-state index in [1.54, 1.807) is 0 Å². The summed E-state index contributed by atoms with van der Waals surface area (Å²) in [5.74, 6) is -0.858. The summed E-state index contributed by atoms with van der Waals surface area (Å²) in [6.07, 6.45) is 0. The van der Waals surface area contributed by atoms with Crippen LogP contribution >= 0.6 is 11.6 Å². The molecule has 1 aliphatic rings. The van der Waals surface area contributed by atoms with Gasteiger partial charge in [-0.25, -0.2) is 4.98 Å². The van der Waals surface area contributed by atoms with Gasteiger partial charge in [-0.1, -0.05) is 11.6 Å². The summed E-state index contributed by atoms with van der Waals surface area (Å²) in [7, 11) is 0. The Morgan fingerprint density at radius 2 is 1.94 bits per heavy atom. The zero-order chi connectivity index (χ0) is 13.3. The average molecular weight is 271 g/mol. The minimum atomic E-state index is -0.622. The molecule has 1 aromatic rings. The van der Waals surface area contributed by atoms with Gasteiger partial charge in [0.05, 0.1) is 30.1 Å². The first kappa shape index (κ1) is 12.2. The average Bonchev–Trinajstić information content (AvgIpc) is 2.26. The van der Waals surface area contributed by atoms with Gasteiger partial charge in [0.25, 0.3) is 5.69 Å². The number of hydrogen-bond donors (Lipinski definition) is 1. The number of nitro groups is 1. The summed E-state index contributed by atoms with van der Waals surface area (Å²) in [5.41, 5.74) is -0.247. The van der Waals surface area contributed by atoms with Gasteiger partial charge in [-0.15, -0.1) is 0 Å². The highest BCUT2D eigenvalue weighted by molar-refractivity contribution is 6.29. The number of halogens is 1. The summed E-state index contributed by atoms with van der Waals surface area (Å²) in [6, 6.07) is 2.26. The van der Waals surface area contributed by atoms with Crippen LogP contribution in [0.15, 0.2) is 12.1 Å². The van der Waals surface area contributed by atoms with Crippen LogP contribution in [0, 0.1) is 10.1 Å². The lowest BCUT2D eigenvalue weighted by Gasteiger charge is -2.26. The van der Waals surface area contributed by atoms with Crippen molar-refractivity contribution < 1.29 is 14.5 Å². The molecule has 1 fully saturated rings. The Morgan fingerprint density at radius 3 is 2.50 bits per heavy atom. The first-order valence-corrected chi connectivity index (χ1v) is 5.23. The number of carbonyl (C=O) groups is 2. The van der Waals surface area contributed by atoms with Gasteiger partial charge in [0.2, 0.25) is 11.8 Å². The predicted octanol–water partition coefficient (Wildman–Crippen LogP) is 0.106. The number of nitrogens with one attached hydrogen (secondary N) is 1. The van der Waals surface area contributed by atoms with Crippen molar-refractivity contribution in [1.82, 2.24) is 10.3 Å². The molecule has 1 saturated heterocycles. The van der Waals surface area contributed by atoms with Gasteiger partial charge in [0.15, 0.2) is 0 Å². The zero-order valence-electron chi connectivity index (χ0n) is 8.92. The third kappa shape index (κ3) is 2.54. The molecular weight excluding hydrogens is 264 g/mol. The first-order chi connectivity index (χ1) is 8.45. The maximum atomic E-state index is 11.2.